The van der Waals surface area contributed by atoms with Gasteiger partial charge in [-0.15, -0.1) is 0 Å². The Balaban J connectivity index is 1.96. The lowest BCUT2D eigenvalue weighted by Crippen LogP contribution is -2.40. The van der Waals surface area contributed by atoms with Crippen molar-refractivity contribution in [3.8, 4) is 0 Å². The topological polar surface area (TPSA) is 44.4 Å². The summed E-state index contributed by atoms with van der Waals surface area (Å²) in [6.07, 6.45) is 1.04. The fourth-order valence-corrected chi connectivity index (χ4v) is 3.12. The van der Waals surface area contributed by atoms with Gasteiger partial charge < -0.3 is 15.5 Å². The van der Waals surface area contributed by atoms with E-state index in [1.165, 1.54) is 16.0 Å². The number of carbonyl (C=O) groups excluding carboxylic acids is 1. The van der Waals surface area contributed by atoms with Crippen molar-refractivity contribution in [2.75, 3.05) is 27.2 Å². The van der Waals surface area contributed by atoms with Crippen LogP contribution in [0.3, 0.4) is 0 Å². The van der Waals surface area contributed by atoms with Crippen molar-refractivity contribution < 1.29 is 4.79 Å². The standard InChI is InChI=1S/C16H24ClN3O/c1-16(2)10-11-5-6-12(17)9-13(11)14(16)18-7-8-19-15(21)20(3)4/h5-6,9,14,18H,7-8,10H2,1-4H3,(H,19,21). The molecule has 4 nitrogen and oxygen atoms in total. The molecule has 1 aliphatic rings. The molecule has 116 valence electrons. The minimum absolute atomic E-state index is 0.0640. The van der Waals surface area contributed by atoms with Crippen molar-refractivity contribution in [1.29, 1.82) is 0 Å². The van der Waals surface area contributed by atoms with E-state index in [1.54, 1.807) is 14.1 Å². The molecule has 1 aromatic carbocycles. The Morgan fingerprint density at radius 3 is 2.76 bits per heavy atom. The van der Waals surface area contributed by atoms with Crippen LogP contribution in [-0.4, -0.2) is 38.1 Å². The number of urea groups is 1. The molecule has 1 aliphatic carbocycles. The van der Waals surface area contributed by atoms with Crippen molar-refractivity contribution in [3.63, 3.8) is 0 Å². The highest BCUT2D eigenvalue weighted by molar-refractivity contribution is 6.30. The van der Waals surface area contributed by atoms with E-state index in [-0.39, 0.29) is 17.5 Å². The smallest absolute Gasteiger partial charge is 0.316 e. The molecular formula is C16H24ClN3O. The van der Waals surface area contributed by atoms with Gasteiger partial charge in [-0.25, -0.2) is 4.79 Å². The SMILES string of the molecule is CN(C)C(=O)NCCNC1c2cc(Cl)ccc2CC1(C)C. The normalized spacial score (nSPS) is 19.2. The first kappa shape index (κ1) is 16.1. The van der Waals surface area contributed by atoms with E-state index in [0.29, 0.717) is 6.54 Å². The number of benzene rings is 1. The van der Waals surface area contributed by atoms with Crippen LogP contribution in [0.25, 0.3) is 0 Å². The monoisotopic (exact) mass is 309 g/mol. The number of carbonyl (C=O) groups is 1. The van der Waals surface area contributed by atoms with Gasteiger partial charge in [-0.3, -0.25) is 0 Å². The first-order valence-electron chi connectivity index (χ1n) is 7.28. The number of rotatable bonds is 4. The lowest BCUT2D eigenvalue weighted by atomic mass is 9.85. The van der Waals surface area contributed by atoms with Crippen LogP contribution in [0.4, 0.5) is 4.79 Å². The third kappa shape index (κ3) is 3.69. The maximum atomic E-state index is 11.5. The van der Waals surface area contributed by atoms with E-state index in [2.05, 4.69) is 36.6 Å². The van der Waals surface area contributed by atoms with Gasteiger partial charge in [0.15, 0.2) is 0 Å². The zero-order valence-electron chi connectivity index (χ0n) is 13.2. The van der Waals surface area contributed by atoms with Crippen LogP contribution in [0.2, 0.25) is 5.02 Å². The fraction of sp³-hybridized carbons (Fsp3) is 0.562. The molecule has 2 amide bonds. The summed E-state index contributed by atoms with van der Waals surface area (Å²) in [7, 11) is 3.47. The first-order valence-corrected chi connectivity index (χ1v) is 7.66. The Kier molecular flexibility index (Phi) is 4.79. The average molecular weight is 310 g/mol. The van der Waals surface area contributed by atoms with Crippen LogP contribution in [0.1, 0.15) is 31.0 Å². The van der Waals surface area contributed by atoms with Gasteiger partial charge in [-0.05, 0) is 35.1 Å². The van der Waals surface area contributed by atoms with Gasteiger partial charge in [-0.2, -0.15) is 0 Å². The third-order valence-corrected chi connectivity index (χ3v) is 4.24. The van der Waals surface area contributed by atoms with Crippen molar-refractivity contribution >= 4 is 17.6 Å². The summed E-state index contributed by atoms with van der Waals surface area (Å²) >= 11 is 6.13. The molecule has 1 atom stereocenters. The van der Waals surface area contributed by atoms with Gasteiger partial charge in [-0.1, -0.05) is 31.5 Å². The summed E-state index contributed by atoms with van der Waals surface area (Å²) in [6.45, 7) is 5.87. The lowest BCUT2D eigenvalue weighted by Gasteiger charge is -2.29. The molecule has 0 spiro atoms. The predicted molar refractivity (Wildman–Crippen MR) is 86.8 cm³/mol. The van der Waals surface area contributed by atoms with Crippen LogP contribution < -0.4 is 10.6 Å². The second-order valence-corrected chi connectivity index (χ2v) is 6.96. The highest BCUT2D eigenvalue weighted by Crippen LogP contribution is 2.45. The molecule has 0 aliphatic heterocycles. The number of amides is 2. The largest absolute Gasteiger partial charge is 0.337 e. The average Bonchev–Trinajstić information content (AvgIpc) is 2.64. The fourth-order valence-electron chi connectivity index (χ4n) is 2.94. The van der Waals surface area contributed by atoms with Gasteiger partial charge >= 0.3 is 6.03 Å². The summed E-state index contributed by atoms with van der Waals surface area (Å²) in [6, 6.07) is 6.33. The second-order valence-electron chi connectivity index (χ2n) is 6.52. The zero-order valence-corrected chi connectivity index (χ0v) is 13.9. The van der Waals surface area contributed by atoms with Gasteiger partial charge in [0.05, 0.1) is 0 Å². The summed E-state index contributed by atoms with van der Waals surface area (Å²) in [5.74, 6) is 0. The Labute approximate surface area is 131 Å². The maximum Gasteiger partial charge on any atom is 0.316 e. The Bertz CT molecular complexity index is 528. The van der Waals surface area contributed by atoms with Crippen LogP contribution in [0.5, 0.6) is 0 Å². The lowest BCUT2D eigenvalue weighted by molar-refractivity contribution is 0.216. The molecular weight excluding hydrogens is 286 g/mol. The number of hydrogen-bond donors (Lipinski definition) is 2. The number of halogens is 1. The van der Waals surface area contributed by atoms with E-state index < -0.39 is 0 Å². The molecule has 0 saturated carbocycles. The number of nitrogens with zero attached hydrogens (tertiary/aromatic N) is 1. The molecule has 0 aromatic heterocycles. The van der Waals surface area contributed by atoms with Gasteiger partial charge in [0.2, 0.25) is 0 Å². The maximum absolute atomic E-state index is 11.5. The summed E-state index contributed by atoms with van der Waals surface area (Å²) in [5.41, 5.74) is 2.80. The van der Waals surface area contributed by atoms with E-state index >= 15 is 0 Å². The Hall–Kier alpha value is -1.26. The molecule has 0 fully saturated rings. The number of nitrogens with one attached hydrogen (secondary N) is 2. The second kappa shape index (κ2) is 6.24. The molecule has 1 unspecified atom stereocenters. The molecule has 0 heterocycles. The van der Waals surface area contributed by atoms with Crippen molar-refractivity contribution in [2.45, 2.75) is 26.3 Å². The van der Waals surface area contributed by atoms with Crippen LogP contribution in [-0.2, 0) is 6.42 Å². The van der Waals surface area contributed by atoms with Crippen molar-refractivity contribution in [3.05, 3.63) is 34.3 Å². The Morgan fingerprint density at radius 2 is 2.10 bits per heavy atom. The quantitative estimate of drug-likeness (QED) is 0.840. The van der Waals surface area contributed by atoms with Gasteiger partial charge in [0, 0.05) is 38.2 Å². The molecule has 2 N–H and O–H groups in total. The molecule has 0 saturated heterocycles. The highest BCUT2D eigenvalue weighted by atomic mass is 35.5. The molecule has 1 aromatic rings. The van der Waals surface area contributed by atoms with Crippen LogP contribution in [0.15, 0.2) is 18.2 Å². The van der Waals surface area contributed by atoms with Gasteiger partial charge in [0.1, 0.15) is 0 Å². The van der Waals surface area contributed by atoms with E-state index in [0.717, 1.165) is 18.0 Å². The van der Waals surface area contributed by atoms with Crippen molar-refractivity contribution in [2.24, 2.45) is 5.41 Å². The molecule has 0 radical (unpaired) electrons. The zero-order chi connectivity index (χ0) is 15.6. The minimum atomic E-state index is -0.0640. The third-order valence-electron chi connectivity index (χ3n) is 4.00. The van der Waals surface area contributed by atoms with E-state index in [1.807, 2.05) is 6.07 Å². The number of fused-ring (bicyclic) bond motifs is 1. The summed E-state index contributed by atoms with van der Waals surface area (Å²) in [5, 5.41) is 7.20. The minimum Gasteiger partial charge on any atom is -0.337 e. The molecule has 2 rings (SSSR count). The predicted octanol–water partition coefficient (Wildman–Crippen LogP) is 2.82. The van der Waals surface area contributed by atoms with E-state index in [9.17, 15) is 4.79 Å². The summed E-state index contributed by atoms with van der Waals surface area (Å²) in [4.78, 5) is 13.0. The first-order chi connectivity index (χ1) is 9.81. The number of hydrogen-bond acceptors (Lipinski definition) is 2. The molecule has 0 bridgehead atoms. The Morgan fingerprint density at radius 1 is 1.38 bits per heavy atom. The highest BCUT2D eigenvalue weighted by Gasteiger charge is 2.38. The van der Waals surface area contributed by atoms with Crippen LogP contribution in [0, 0.1) is 5.41 Å². The van der Waals surface area contributed by atoms with Gasteiger partial charge in [0.25, 0.3) is 0 Å². The van der Waals surface area contributed by atoms with Crippen LogP contribution >= 0.6 is 11.6 Å². The van der Waals surface area contributed by atoms with Crippen molar-refractivity contribution in [1.82, 2.24) is 15.5 Å². The molecule has 21 heavy (non-hydrogen) atoms. The molecule has 5 heteroatoms. The summed E-state index contributed by atoms with van der Waals surface area (Å²) < 4.78 is 0. The van der Waals surface area contributed by atoms with E-state index in [4.69, 9.17) is 11.6 Å².